The summed E-state index contributed by atoms with van der Waals surface area (Å²) in [4.78, 5) is 20.4. The largest absolute Gasteiger partial charge is 0.343 e. The van der Waals surface area contributed by atoms with Gasteiger partial charge in [-0.3, -0.25) is 14.7 Å². The lowest BCUT2D eigenvalue weighted by atomic mass is 9.95. The van der Waals surface area contributed by atoms with Gasteiger partial charge in [0.25, 0.3) is 0 Å². The second kappa shape index (κ2) is 7.55. The van der Waals surface area contributed by atoms with Crippen LogP contribution in [0, 0.1) is 0 Å². The average Bonchev–Trinajstić information content (AvgIpc) is 3.17. The molecule has 150 valence electrons. The van der Waals surface area contributed by atoms with Crippen LogP contribution in [0.15, 0.2) is 36.5 Å². The maximum absolute atomic E-state index is 11.6. The van der Waals surface area contributed by atoms with E-state index < -0.39 is 0 Å². The summed E-state index contributed by atoms with van der Waals surface area (Å²) in [7, 11) is 0. The molecule has 1 amide bonds. The van der Waals surface area contributed by atoms with Crippen molar-refractivity contribution in [1.29, 1.82) is 0 Å². The lowest BCUT2D eigenvalue weighted by Gasteiger charge is -2.32. The zero-order chi connectivity index (χ0) is 19.8. The first-order valence-electron chi connectivity index (χ1n) is 10.4. The van der Waals surface area contributed by atoms with Crippen LogP contribution in [0.1, 0.15) is 42.9 Å². The number of carbonyl (C=O) groups is 1. The quantitative estimate of drug-likeness (QED) is 0.688. The number of likely N-dealkylation sites (tertiary alicyclic amines) is 1. The minimum absolute atomic E-state index is 0.172. The first kappa shape index (κ1) is 18.2. The molecular weight excluding hydrogens is 364 g/mol. The highest BCUT2D eigenvalue weighted by molar-refractivity contribution is 5.81. The maximum atomic E-state index is 11.6. The summed E-state index contributed by atoms with van der Waals surface area (Å²) in [6.45, 7) is 6.92. The standard InChI is InChI=1S/C22H26N6O/c1-16(29)27-10-7-17(8-11-27)22-25-24-21-15-26(12-13-28(21)22)14-18-6-9-23-20-5-3-2-4-19(18)20/h2-6,9,17H,7-8,10-15H2,1H3. The minimum atomic E-state index is 0.172. The molecule has 0 aliphatic carbocycles. The van der Waals surface area contributed by atoms with E-state index in [9.17, 15) is 4.79 Å². The molecule has 1 saturated heterocycles. The Morgan fingerprint density at radius 1 is 1.07 bits per heavy atom. The number of hydrogen-bond acceptors (Lipinski definition) is 5. The number of piperidine rings is 1. The van der Waals surface area contributed by atoms with Crippen molar-refractivity contribution >= 4 is 16.8 Å². The Bertz CT molecular complexity index is 1030. The predicted octanol–water partition coefficient (Wildman–Crippen LogP) is 2.57. The van der Waals surface area contributed by atoms with E-state index >= 15 is 0 Å². The molecule has 0 bridgehead atoms. The van der Waals surface area contributed by atoms with Crippen molar-refractivity contribution in [2.24, 2.45) is 0 Å². The van der Waals surface area contributed by atoms with Gasteiger partial charge < -0.3 is 9.47 Å². The third kappa shape index (κ3) is 3.51. The molecule has 1 aromatic carbocycles. The number of fused-ring (bicyclic) bond motifs is 2. The molecule has 29 heavy (non-hydrogen) atoms. The molecule has 7 nitrogen and oxygen atoms in total. The third-order valence-electron chi connectivity index (χ3n) is 6.30. The normalized spacial score (nSPS) is 18.2. The fourth-order valence-corrected chi connectivity index (χ4v) is 4.65. The molecule has 7 heteroatoms. The fourth-order valence-electron chi connectivity index (χ4n) is 4.65. The highest BCUT2D eigenvalue weighted by Gasteiger charge is 2.29. The van der Waals surface area contributed by atoms with Crippen molar-refractivity contribution < 1.29 is 4.79 Å². The van der Waals surface area contributed by atoms with Crippen LogP contribution in [0.25, 0.3) is 10.9 Å². The Labute approximate surface area is 170 Å². The monoisotopic (exact) mass is 390 g/mol. The van der Waals surface area contributed by atoms with Crippen LogP contribution in [0.3, 0.4) is 0 Å². The van der Waals surface area contributed by atoms with Gasteiger partial charge in [-0.2, -0.15) is 0 Å². The number of nitrogens with zero attached hydrogens (tertiary/aromatic N) is 6. The molecular formula is C22H26N6O. The van der Waals surface area contributed by atoms with Gasteiger partial charge in [0.2, 0.25) is 5.91 Å². The third-order valence-corrected chi connectivity index (χ3v) is 6.30. The van der Waals surface area contributed by atoms with E-state index in [-0.39, 0.29) is 5.91 Å². The van der Waals surface area contributed by atoms with Crippen LogP contribution in [0.5, 0.6) is 0 Å². The lowest BCUT2D eigenvalue weighted by molar-refractivity contribution is -0.129. The molecule has 1 fully saturated rings. The minimum Gasteiger partial charge on any atom is -0.343 e. The number of amides is 1. The van der Waals surface area contributed by atoms with E-state index in [1.165, 1.54) is 10.9 Å². The number of benzene rings is 1. The zero-order valence-electron chi connectivity index (χ0n) is 16.8. The van der Waals surface area contributed by atoms with E-state index in [2.05, 4.69) is 48.9 Å². The van der Waals surface area contributed by atoms with Crippen molar-refractivity contribution in [1.82, 2.24) is 29.5 Å². The first-order chi connectivity index (χ1) is 14.2. The average molecular weight is 390 g/mol. The molecule has 2 aliphatic heterocycles. The van der Waals surface area contributed by atoms with Gasteiger partial charge in [-0.25, -0.2) is 0 Å². The molecule has 0 spiro atoms. The first-order valence-corrected chi connectivity index (χ1v) is 10.4. The number of hydrogen-bond donors (Lipinski definition) is 0. The van der Waals surface area contributed by atoms with E-state index in [4.69, 9.17) is 0 Å². The van der Waals surface area contributed by atoms with Crippen LogP contribution in [0.2, 0.25) is 0 Å². The van der Waals surface area contributed by atoms with Gasteiger partial charge in [-0.05, 0) is 30.5 Å². The van der Waals surface area contributed by atoms with Crippen LogP contribution < -0.4 is 0 Å². The smallest absolute Gasteiger partial charge is 0.219 e. The molecule has 5 rings (SSSR count). The van der Waals surface area contributed by atoms with Gasteiger partial charge in [0.15, 0.2) is 0 Å². The second-order valence-corrected chi connectivity index (χ2v) is 8.10. The Hall–Kier alpha value is -2.80. The Kier molecular flexibility index (Phi) is 4.75. The highest BCUT2D eigenvalue weighted by atomic mass is 16.2. The number of aromatic nitrogens is 4. The second-order valence-electron chi connectivity index (χ2n) is 8.10. The van der Waals surface area contributed by atoms with Gasteiger partial charge in [0.1, 0.15) is 11.6 Å². The van der Waals surface area contributed by atoms with Crippen molar-refractivity contribution in [3.8, 4) is 0 Å². The molecule has 4 heterocycles. The van der Waals surface area contributed by atoms with Crippen LogP contribution >= 0.6 is 0 Å². The van der Waals surface area contributed by atoms with Gasteiger partial charge in [0, 0.05) is 57.1 Å². The summed E-state index contributed by atoms with van der Waals surface area (Å²) in [5.74, 6) is 2.74. The van der Waals surface area contributed by atoms with E-state index in [1.807, 2.05) is 17.2 Å². The van der Waals surface area contributed by atoms with Gasteiger partial charge in [0.05, 0.1) is 12.1 Å². The molecule has 0 radical (unpaired) electrons. The summed E-state index contributed by atoms with van der Waals surface area (Å²) in [6, 6.07) is 10.4. The predicted molar refractivity (Wildman–Crippen MR) is 110 cm³/mol. The lowest BCUT2D eigenvalue weighted by Crippen LogP contribution is -2.38. The van der Waals surface area contributed by atoms with E-state index in [0.717, 1.165) is 69.3 Å². The summed E-state index contributed by atoms with van der Waals surface area (Å²) < 4.78 is 2.31. The Balaban J connectivity index is 1.29. The number of rotatable bonds is 3. The molecule has 2 aliphatic rings. The molecule has 0 atom stereocenters. The fraction of sp³-hybridized carbons (Fsp3) is 0.455. The summed E-state index contributed by atoms with van der Waals surface area (Å²) in [5, 5.41) is 10.3. The summed E-state index contributed by atoms with van der Waals surface area (Å²) >= 11 is 0. The molecule has 2 aromatic heterocycles. The molecule has 3 aromatic rings. The Morgan fingerprint density at radius 2 is 1.90 bits per heavy atom. The highest BCUT2D eigenvalue weighted by Crippen LogP contribution is 2.29. The Morgan fingerprint density at radius 3 is 2.72 bits per heavy atom. The molecule has 0 saturated carbocycles. The van der Waals surface area contributed by atoms with Gasteiger partial charge in [-0.1, -0.05) is 18.2 Å². The molecule has 0 N–H and O–H groups in total. The van der Waals surface area contributed by atoms with E-state index in [0.29, 0.717) is 5.92 Å². The van der Waals surface area contributed by atoms with Gasteiger partial charge >= 0.3 is 0 Å². The van der Waals surface area contributed by atoms with E-state index in [1.54, 1.807) is 6.92 Å². The van der Waals surface area contributed by atoms with Crippen molar-refractivity contribution in [3.05, 3.63) is 53.7 Å². The SMILES string of the molecule is CC(=O)N1CCC(c2nnc3n2CCN(Cc2ccnc4ccccc24)C3)CC1. The number of para-hydroxylation sites is 1. The van der Waals surface area contributed by atoms with Crippen LogP contribution in [-0.2, 0) is 24.4 Å². The van der Waals surface area contributed by atoms with Crippen molar-refractivity contribution in [2.75, 3.05) is 19.6 Å². The van der Waals surface area contributed by atoms with Crippen LogP contribution in [0.4, 0.5) is 0 Å². The number of carbonyl (C=O) groups excluding carboxylic acids is 1. The summed E-state index contributed by atoms with van der Waals surface area (Å²) in [5.41, 5.74) is 2.35. The van der Waals surface area contributed by atoms with Gasteiger partial charge in [-0.15, -0.1) is 10.2 Å². The van der Waals surface area contributed by atoms with Crippen molar-refractivity contribution in [3.63, 3.8) is 0 Å². The topological polar surface area (TPSA) is 67.2 Å². The number of pyridine rings is 1. The van der Waals surface area contributed by atoms with Crippen LogP contribution in [-0.4, -0.2) is 55.1 Å². The van der Waals surface area contributed by atoms with Crippen molar-refractivity contribution in [2.45, 2.75) is 45.3 Å². The zero-order valence-corrected chi connectivity index (χ0v) is 16.8. The maximum Gasteiger partial charge on any atom is 0.219 e. The molecule has 0 unspecified atom stereocenters. The summed E-state index contributed by atoms with van der Waals surface area (Å²) in [6.07, 6.45) is 3.85.